The first-order chi connectivity index (χ1) is 20.7. The Morgan fingerprint density at radius 1 is 0.762 bits per heavy atom. The van der Waals surface area contributed by atoms with Crippen LogP contribution in [0.1, 0.15) is 11.1 Å². The SMILES string of the molecule is C=C/C=C(\C=C)CN=C(/C=C(\N)c1ccccc1)c1ccc(-n2c3cccc4c3c3c2cccc3n2nccc42)cc1. The predicted molar refractivity (Wildman–Crippen MR) is 177 cm³/mol. The van der Waals surface area contributed by atoms with Crippen LogP contribution in [0.15, 0.2) is 151 Å². The third-order valence-corrected chi connectivity index (χ3v) is 7.79. The smallest absolute Gasteiger partial charge is 0.0753 e. The average molecular weight is 544 g/mol. The summed E-state index contributed by atoms with van der Waals surface area (Å²) in [5.74, 6) is 0. The van der Waals surface area contributed by atoms with Crippen LogP contribution in [0.5, 0.6) is 0 Å². The maximum atomic E-state index is 6.54. The molecule has 7 aromatic rings. The van der Waals surface area contributed by atoms with Crippen LogP contribution in [0, 0.1) is 0 Å². The molecule has 0 saturated carbocycles. The number of fused-ring (bicyclic) bond motifs is 3. The highest BCUT2D eigenvalue weighted by Crippen LogP contribution is 2.40. The van der Waals surface area contributed by atoms with E-state index in [0.717, 1.165) is 44.6 Å². The second-order valence-electron chi connectivity index (χ2n) is 10.2. The van der Waals surface area contributed by atoms with Crippen LogP contribution in [-0.2, 0) is 0 Å². The molecule has 0 amide bonds. The number of benzene rings is 4. The number of hydrogen-bond donors (Lipinski definition) is 1. The molecule has 42 heavy (non-hydrogen) atoms. The highest BCUT2D eigenvalue weighted by molar-refractivity contribution is 6.26. The zero-order chi connectivity index (χ0) is 28.6. The van der Waals surface area contributed by atoms with E-state index in [1.807, 2.05) is 53.2 Å². The lowest BCUT2D eigenvalue weighted by molar-refractivity contribution is 1.01. The molecule has 202 valence electrons. The summed E-state index contributed by atoms with van der Waals surface area (Å²) >= 11 is 0. The molecule has 0 aliphatic carbocycles. The lowest BCUT2D eigenvalue weighted by atomic mass is 10.1. The highest BCUT2D eigenvalue weighted by Gasteiger charge is 2.19. The molecule has 3 heterocycles. The topological polar surface area (TPSA) is 60.6 Å². The molecular weight excluding hydrogens is 514 g/mol. The Kier molecular flexibility index (Phi) is 6.25. The van der Waals surface area contributed by atoms with Gasteiger partial charge in [0.1, 0.15) is 0 Å². The molecule has 0 aliphatic rings. The summed E-state index contributed by atoms with van der Waals surface area (Å²) in [4.78, 5) is 4.95. The van der Waals surface area contributed by atoms with Crippen LogP contribution < -0.4 is 5.73 Å². The summed E-state index contributed by atoms with van der Waals surface area (Å²) in [6.07, 6.45) is 9.30. The van der Waals surface area contributed by atoms with Crippen molar-refractivity contribution in [2.45, 2.75) is 0 Å². The molecule has 5 nitrogen and oxygen atoms in total. The normalized spacial score (nSPS) is 13.1. The monoisotopic (exact) mass is 543 g/mol. The Morgan fingerprint density at radius 3 is 2.26 bits per heavy atom. The zero-order valence-electron chi connectivity index (χ0n) is 23.1. The minimum atomic E-state index is 0.471. The quantitative estimate of drug-likeness (QED) is 0.120. The van der Waals surface area contributed by atoms with Crippen LogP contribution in [0.2, 0.25) is 0 Å². The minimum Gasteiger partial charge on any atom is -0.398 e. The van der Waals surface area contributed by atoms with Crippen LogP contribution >= 0.6 is 0 Å². The lowest BCUT2D eigenvalue weighted by Crippen LogP contribution is -2.05. The van der Waals surface area contributed by atoms with Gasteiger partial charge in [-0.3, -0.25) is 4.99 Å². The molecule has 0 radical (unpaired) electrons. The first-order valence-electron chi connectivity index (χ1n) is 13.9. The fourth-order valence-electron chi connectivity index (χ4n) is 5.83. The van der Waals surface area contributed by atoms with Crippen molar-refractivity contribution in [3.8, 4) is 5.69 Å². The molecule has 0 spiro atoms. The molecule has 0 aliphatic heterocycles. The Labute approximate surface area is 243 Å². The van der Waals surface area contributed by atoms with E-state index >= 15 is 0 Å². The maximum Gasteiger partial charge on any atom is 0.0753 e. The van der Waals surface area contributed by atoms with Gasteiger partial charge in [0.05, 0.1) is 40.5 Å². The standard InChI is InChI=1S/C37H29N5/c1-3-10-25(4-2)24-39-31(23-30(38)26-11-6-5-7-12-26)27-17-19-28(20-18-27)41-33-14-8-13-29-32-21-22-40-42(32)35-16-9-15-34(41)37(35)36(29)33/h3-23H,1-2,24,38H2/b25-10+,30-23-,39-31?. The summed E-state index contributed by atoms with van der Waals surface area (Å²) in [5.41, 5.74) is 16.5. The maximum absolute atomic E-state index is 6.54. The van der Waals surface area contributed by atoms with Gasteiger partial charge < -0.3 is 10.3 Å². The Balaban J connectivity index is 1.37. The minimum absolute atomic E-state index is 0.471. The van der Waals surface area contributed by atoms with Gasteiger partial charge in [0.25, 0.3) is 0 Å². The molecule has 5 heteroatoms. The fraction of sp³-hybridized carbons (Fsp3) is 0.0270. The summed E-state index contributed by atoms with van der Waals surface area (Å²) in [5, 5.41) is 8.31. The van der Waals surface area contributed by atoms with Gasteiger partial charge in [-0.25, -0.2) is 4.52 Å². The lowest BCUT2D eigenvalue weighted by Gasteiger charge is -2.11. The summed E-state index contributed by atoms with van der Waals surface area (Å²) in [6.45, 7) is 8.20. The van der Waals surface area contributed by atoms with E-state index in [1.54, 1.807) is 12.2 Å². The van der Waals surface area contributed by atoms with Gasteiger partial charge in [-0.1, -0.05) is 92.0 Å². The van der Waals surface area contributed by atoms with Gasteiger partial charge in [0, 0.05) is 27.5 Å². The van der Waals surface area contributed by atoms with Crippen molar-refractivity contribution in [1.82, 2.24) is 14.2 Å². The molecule has 3 aromatic heterocycles. The second kappa shape index (κ2) is 10.4. The highest BCUT2D eigenvalue weighted by atomic mass is 15.2. The number of hydrogen-bond acceptors (Lipinski definition) is 3. The number of rotatable bonds is 8. The van der Waals surface area contributed by atoms with E-state index in [0.29, 0.717) is 12.2 Å². The molecule has 7 rings (SSSR count). The van der Waals surface area contributed by atoms with Crippen molar-refractivity contribution in [2.75, 3.05) is 6.54 Å². The van der Waals surface area contributed by atoms with Crippen molar-refractivity contribution in [2.24, 2.45) is 10.7 Å². The number of allylic oxidation sites excluding steroid dienone is 3. The van der Waals surface area contributed by atoms with E-state index in [1.165, 1.54) is 21.7 Å². The number of aliphatic imine (C=N–C) groups is 1. The first-order valence-corrected chi connectivity index (χ1v) is 13.9. The van der Waals surface area contributed by atoms with Crippen molar-refractivity contribution < 1.29 is 0 Å². The number of pyridine rings is 1. The molecule has 0 saturated heterocycles. The number of aromatic nitrogens is 3. The van der Waals surface area contributed by atoms with Crippen LogP contribution in [0.3, 0.4) is 0 Å². The third kappa shape index (κ3) is 4.11. The summed E-state index contributed by atoms with van der Waals surface area (Å²) in [7, 11) is 0. The molecule has 2 N–H and O–H groups in total. The average Bonchev–Trinajstić information content (AvgIpc) is 3.67. The van der Waals surface area contributed by atoms with Crippen molar-refractivity contribution >= 4 is 49.6 Å². The van der Waals surface area contributed by atoms with Gasteiger partial charge in [-0.2, -0.15) is 5.10 Å². The molecular formula is C37H29N5. The molecule has 0 atom stereocenters. The molecule has 0 bridgehead atoms. The third-order valence-electron chi connectivity index (χ3n) is 7.79. The second-order valence-corrected chi connectivity index (χ2v) is 10.2. The number of nitrogens with zero attached hydrogens (tertiary/aromatic N) is 4. The molecule has 0 unspecified atom stereocenters. The molecule has 4 aromatic carbocycles. The Bertz CT molecular complexity index is 2110. The van der Waals surface area contributed by atoms with Crippen LogP contribution in [-0.4, -0.2) is 26.4 Å². The van der Waals surface area contributed by atoms with E-state index < -0.39 is 0 Å². The summed E-state index contributed by atoms with van der Waals surface area (Å²) < 4.78 is 4.38. The molecule has 0 fully saturated rings. The van der Waals surface area contributed by atoms with Gasteiger partial charge in [0.15, 0.2) is 0 Å². The first kappa shape index (κ1) is 25.3. The summed E-state index contributed by atoms with van der Waals surface area (Å²) in [6, 6.07) is 33.5. The zero-order valence-corrected chi connectivity index (χ0v) is 23.1. The predicted octanol–water partition coefficient (Wildman–Crippen LogP) is 8.11. The van der Waals surface area contributed by atoms with Crippen molar-refractivity contribution in [3.05, 3.63) is 157 Å². The van der Waals surface area contributed by atoms with Gasteiger partial charge in [-0.05, 0) is 59.2 Å². The van der Waals surface area contributed by atoms with Crippen LogP contribution in [0.4, 0.5) is 0 Å². The Morgan fingerprint density at radius 2 is 1.50 bits per heavy atom. The van der Waals surface area contributed by atoms with Gasteiger partial charge >= 0.3 is 0 Å². The van der Waals surface area contributed by atoms with Crippen molar-refractivity contribution in [3.63, 3.8) is 0 Å². The van der Waals surface area contributed by atoms with Gasteiger partial charge in [-0.15, -0.1) is 0 Å². The van der Waals surface area contributed by atoms with Crippen molar-refractivity contribution in [1.29, 1.82) is 0 Å². The Hall–Kier alpha value is -5.68. The van der Waals surface area contributed by atoms with E-state index in [9.17, 15) is 0 Å². The van der Waals surface area contributed by atoms with Crippen LogP contribution in [0.25, 0.3) is 49.6 Å². The van der Waals surface area contributed by atoms with E-state index in [2.05, 4.69) is 89.6 Å². The van der Waals surface area contributed by atoms with E-state index in [4.69, 9.17) is 10.7 Å². The number of nitrogens with two attached hydrogens (primary N) is 1. The van der Waals surface area contributed by atoms with Gasteiger partial charge in [0.2, 0.25) is 0 Å². The largest absolute Gasteiger partial charge is 0.398 e. The fourth-order valence-corrected chi connectivity index (χ4v) is 5.83. The van der Waals surface area contributed by atoms with E-state index in [-0.39, 0.29) is 0 Å².